The van der Waals surface area contributed by atoms with Crippen LogP contribution in [0.3, 0.4) is 0 Å². The predicted octanol–water partition coefficient (Wildman–Crippen LogP) is 4.61. The first kappa shape index (κ1) is 17.8. The standard InChI is InChI=1S/C17H17ClF3N3O/c18-11-5-4-8-13(9-11)24-15(17(19,20)21)14(10-22-24)16(25)23-12-6-2-1-3-7-12/h4-5,8-10,12H,1-3,6-7H2,(H,23,25). The van der Waals surface area contributed by atoms with E-state index in [1.54, 1.807) is 6.07 Å². The number of carbonyl (C=O) groups excluding carboxylic acids is 1. The maximum atomic E-state index is 13.6. The van der Waals surface area contributed by atoms with Crippen LogP contribution in [0.15, 0.2) is 30.5 Å². The Morgan fingerprint density at radius 2 is 1.96 bits per heavy atom. The van der Waals surface area contributed by atoms with Gasteiger partial charge in [0.2, 0.25) is 0 Å². The van der Waals surface area contributed by atoms with Gasteiger partial charge in [0.1, 0.15) is 0 Å². The normalized spacial score (nSPS) is 16.0. The maximum Gasteiger partial charge on any atom is 0.434 e. The van der Waals surface area contributed by atoms with Gasteiger partial charge in [-0.05, 0) is 31.0 Å². The summed E-state index contributed by atoms with van der Waals surface area (Å²) in [7, 11) is 0. The Morgan fingerprint density at radius 3 is 2.60 bits per heavy atom. The highest BCUT2D eigenvalue weighted by atomic mass is 35.5. The summed E-state index contributed by atoms with van der Waals surface area (Å²) in [6.07, 6.45) is 0.843. The molecule has 0 aliphatic heterocycles. The number of alkyl halides is 3. The predicted molar refractivity (Wildman–Crippen MR) is 87.9 cm³/mol. The number of carbonyl (C=O) groups is 1. The molecule has 1 aliphatic carbocycles. The molecule has 3 rings (SSSR count). The zero-order valence-electron chi connectivity index (χ0n) is 13.3. The number of amides is 1. The summed E-state index contributed by atoms with van der Waals surface area (Å²) in [5.41, 5.74) is -1.42. The number of hydrogen-bond acceptors (Lipinski definition) is 2. The molecule has 1 saturated carbocycles. The third kappa shape index (κ3) is 3.98. The number of halogens is 4. The van der Waals surface area contributed by atoms with Crippen LogP contribution in [0.1, 0.15) is 48.2 Å². The molecule has 0 spiro atoms. The van der Waals surface area contributed by atoms with E-state index < -0.39 is 23.3 Å². The molecule has 0 bridgehead atoms. The highest BCUT2D eigenvalue weighted by Gasteiger charge is 2.40. The summed E-state index contributed by atoms with van der Waals surface area (Å²) in [6, 6.07) is 5.82. The molecule has 0 atom stereocenters. The van der Waals surface area contributed by atoms with Gasteiger partial charge in [-0.2, -0.15) is 18.3 Å². The Kier molecular flexibility index (Phi) is 5.03. The smallest absolute Gasteiger partial charge is 0.349 e. The molecular weight excluding hydrogens is 355 g/mol. The van der Waals surface area contributed by atoms with Gasteiger partial charge >= 0.3 is 6.18 Å². The molecule has 1 N–H and O–H groups in total. The van der Waals surface area contributed by atoms with E-state index in [-0.39, 0.29) is 16.8 Å². The van der Waals surface area contributed by atoms with Crippen LogP contribution >= 0.6 is 11.6 Å². The Balaban J connectivity index is 1.95. The van der Waals surface area contributed by atoms with Crippen molar-refractivity contribution < 1.29 is 18.0 Å². The quantitative estimate of drug-likeness (QED) is 0.856. The molecule has 134 valence electrons. The second kappa shape index (κ2) is 7.07. The van der Waals surface area contributed by atoms with Crippen molar-refractivity contribution in [1.29, 1.82) is 0 Å². The van der Waals surface area contributed by atoms with Crippen molar-refractivity contribution in [1.82, 2.24) is 15.1 Å². The van der Waals surface area contributed by atoms with Crippen molar-refractivity contribution in [3.8, 4) is 5.69 Å². The van der Waals surface area contributed by atoms with E-state index in [1.165, 1.54) is 18.2 Å². The zero-order chi connectivity index (χ0) is 18.0. The largest absolute Gasteiger partial charge is 0.434 e. The van der Waals surface area contributed by atoms with Crippen LogP contribution in [-0.2, 0) is 6.18 Å². The molecule has 0 unspecified atom stereocenters. The Morgan fingerprint density at radius 1 is 1.24 bits per heavy atom. The molecule has 8 heteroatoms. The van der Waals surface area contributed by atoms with Gasteiger partial charge in [0.25, 0.3) is 5.91 Å². The van der Waals surface area contributed by atoms with E-state index in [0.717, 1.165) is 38.3 Å². The lowest BCUT2D eigenvalue weighted by molar-refractivity contribution is -0.143. The molecule has 1 aromatic carbocycles. The molecule has 25 heavy (non-hydrogen) atoms. The number of nitrogens with zero attached hydrogens (tertiary/aromatic N) is 2. The second-order valence-corrected chi connectivity index (χ2v) is 6.54. The minimum Gasteiger partial charge on any atom is -0.349 e. The zero-order valence-corrected chi connectivity index (χ0v) is 14.1. The summed E-state index contributed by atoms with van der Waals surface area (Å²) < 4.78 is 41.5. The number of hydrogen-bond donors (Lipinski definition) is 1. The van der Waals surface area contributed by atoms with Crippen LogP contribution in [0.5, 0.6) is 0 Å². The summed E-state index contributed by atoms with van der Waals surface area (Å²) >= 11 is 5.86. The fourth-order valence-electron chi connectivity index (χ4n) is 3.10. The van der Waals surface area contributed by atoms with Crippen molar-refractivity contribution in [2.24, 2.45) is 0 Å². The van der Waals surface area contributed by atoms with E-state index in [4.69, 9.17) is 11.6 Å². The summed E-state index contributed by atoms with van der Waals surface area (Å²) in [6.45, 7) is 0. The van der Waals surface area contributed by atoms with Crippen molar-refractivity contribution in [2.75, 3.05) is 0 Å². The highest BCUT2D eigenvalue weighted by Crippen LogP contribution is 2.34. The van der Waals surface area contributed by atoms with E-state index in [9.17, 15) is 18.0 Å². The van der Waals surface area contributed by atoms with Crippen LogP contribution in [-0.4, -0.2) is 21.7 Å². The summed E-state index contributed by atoms with van der Waals surface area (Å²) in [5, 5.41) is 6.78. The third-order valence-electron chi connectivity index (χ3n) is 4.28. The van der Waals surface area contributed by atoms with Gasteiger partial charge in [-0.25, -0.2) is 4.68 Å². The lowest BCUT2D eigenvalue weighted by atomic mass is 9.95. The minimum absolute atomic E-state index is 0.0862. The molecule has 0 saturated heterocycles. The molecule has 1 fully saturated rings. The monoisotopic (exact) mass is 371 g/mol. The molecule has 1 aliphatic rings. The molecule has 2 aromatic rings. The lowest BCUT2D eigenvalue weighted by Gasteiger charge is -2.23. The van der Waals surface area contributed by atoms with E-state index in [0.29, 0.717) is 4.68 Å². The van der Waals surface area contributed by atoms with Crippen molar-refractivity contribution in [3.05, 3.63) is 46.7 Å². The topological polar surface area (TPSA) is 46.9 Å². The second-order valence-electron chi connectivity index (χ2n) is 6.10. The lowest BCUT2D eigenvalue weighted by Crippen LogP contribution is -2.37. The summed E-state index contributed by atoms with van der Waals surface area (Å²) in [5.74, 6) is -0.743. The first-order valence-electron chi connectivity index (χ1n) is 8.08. The fraction of sp³-hybridized carbons (Fsp3) is 0.412. The van der Waals surface area contributed by atoms with Crippen molar-refractivity contribution in [2.45, 2.75) is 44.3 Å². The average Bonchev–Trinajstić information content (AvgIpc) is 3.01. The van der Waals surface area contributed by atoms with Crippen LogP contribution in [0.25, 0.3) is 5.69 Å². The Bertz CT molecular complexity index is 767. The number of aromatic nitrogens is 2. The Labute approximate surface area is 148 Å². The van der Waals surface area contributed by atoms with Gasteiger partial charge in [-0.3, -0.25) is 4.79 Å². The maximum absolute atomic E-state index is 13.6. The molecule has 0 radical (unpaired) electrons. The van der Waals surface area contributed by atoms with E-state index in [2.05, 4.69) is 10.4 Å². The van der Waals surface area contributed by atoms with Crippen LogP contribution < -0.4 is 5.32 Å². The first-order chi connectivity index (χ1) is 11.9. The first-order valence-corrected chi connectivity index (χ1v) is 8.46. The van der Waals surface area contributed by atoms with E-state index >= 15 is 0 Å². The summed E-state index contributed by atoms with van der Waals surface area (Å²) in [4.78, 5) is 12.4. The Hall–Kier alpha value is -2.02. The van der Waals surface area contributed by atoms with Gasteiger partial charge in [0.15, 0.2) is 5.69 Å². The minimum atomic E-state index is -4.72. The molecule has 1 heterocycles. The van der Waals surface area contributed by atoms with Crippen molar-refractivity contribution >= 4 is 17.5 Å². The van der Waals surface area contributed by atoms with Gasteiger partial charge < -0.3 is 5.32 Å². The van der Waals surface area contributed by atoms with Gasteiger partial charge in [0.05, 0.1) is 17.4 Å². The van der Waals surface area contributed by atoms with Gasteiger partial charge in [-0.15, -0.1) is 0 Å². The number of benzene rings is 1. The van der Waals surface area contributed by atoms with Crippen LogP contribution in [0.2, 0.25) is 5.02 Å². The van der Waals surface area contributed by atoms with E-state index in [1.807, 2.05) is 0 Å². The number of rotatable bonds is 3. The fourth-order valence-corrected chi connectivity index (χ4v) is 3.29. The van der Waals surface area contributed by atoms with Crippen LogP contribution in [0.4, 0.5) is 13.2 Å². The van der Waals surface area contributed by atoms with Crippen molar-refractivity contribution in [3.63, 3.8) is 0 Å². The van der Waals surface area contributed by atoms with Crippen LogP contribution in [0, 0.1) is 0 Å². The number of nitrogens with one attached hydrogen (secondary N) is 1. The molecular formula is C17H17ClF3N3O. The molecule has 4 nitrogen and oxygen atoms in total. The average molecular weight is 372 g/mol. The highest BCUT2D eigenvalue weighted by molar-refractivity contribution is 6.30. The molecule has 1 aromatic heterocycles. The van der Waals surface area contributed by atoms with Gasteiger partial charge in [0, 0.05) is 11.1 Å². The molecule has 1 amide bonds. The SMILES string of the molecule is O=C(NC1CCCCC1)c1cnn(-c2cccc(Cl)c2)c1C(F)(F)F. The van der Waals surface area contributed by atoms with Gasteiger partial charge in [-0.1, -0.05) is 36.9 Å². The third-order valence-corrected chi connectivity index (χ3v) is 4.51.